The monoisotopic (exact) mass is 448 g/mol. The van der Waals surface area contributed by atoms with E-state index in [1.165, 1.54) is 14.2 Å². The molecule has 1 aromatic carbocycles. The van der Waals surface area contributed by atoms with Crippen LogP contribution in [0.4, 0.5) is 0 Å². The van der Waals surface area contributed by atoms with Crippen molar-refractivity contribution < 1.29 is 28.6 Å². The first-order valence-electron chi connectivity index (χ1n) is 6.68. The highest BCUT2D eigenvalue weighted by molar-refractivity contribution is 9.11. The van der Waals surface area contributed by atoms with E-state index in [2.05, 4.69) is 31.9 Å². The number of rotatable bonds is 3. The number of esters is 3. The quantitative estimate of drug-likeness (QED) is 0.401. The van der Waals surface area contributed by atoms with Crippen LogP contribution in [0.15, 0.2) is 21.1 Å². The summed E-state index contributed by atoms with van der Waals surface area (Å²) in [5, 5.41) is 0. The Morgan fingerprint density at radius 2 is 1.87 bits per heavy atom. The van der Waals surface area contributed by atoms with Gasteiger partial charge >= 0.3 is 17.9 Å². The van der Waals surface area contributed by atoms with Crippen LogP contribution in [0.3, 0.4) is 0 Å². The fraction of sp³-hybridized carbons (Fsp3) is 0.400. The van der Waals surface area contributed by atoms with Gasteiger partial charge in [0.1, 0.15) is 5.75 Å². The molecule has 124 valence electrons. The van der Waals surface area contributed by atoms with Gasteiger partial charge in [0.05, 0.1) is 24.6 Å². The minimum atomic E-state index is -1.23. The van der Waals surface area contributed by atoms with Crippen molar-refractivity contribution in [2.24, 2.45) is 11.8 Å². The fourth-order valence-electron chi connectivity index (χ4n) is 2.69. The molecule has 2 rings (SSSR count). The van der Waals surface area contributed by atoms with Gasteiger partial charge in [0.15, 0.2) is 5.92 Å². The Morgan fingerprint density at radius 3 is 2.43 bits per heavy atom. The third kappa shape index (κ3) is 3.28. The molecule has 6 nitrogen and oxygen atoms in total. The van der Waals surface area contributed by atoms with Crippen LogP contribution in [0, 0.1) is 11.8 Å². The highest BCUT2D eigenvalue weighted by Crippen LogP contribution is 2.47. The second-order valence-corrected chi connectivity index (χ2v) is 6.84. The van der Waals surface area contributed by atoms with Crippen molar-refractivity contribution in [1.82, 2.24) is 0 Å². The Balaban J connectivity index is 2.65. The number of ether oxygens (including phenoxy) is 3. The van der Waals surface area contributed by atoms with E-state index in [1.54, 1.807) is 19.1 Å². The zero-order valence-corrected chi connectivity index (χ0v) is 15.8. The molecular weight excluding hydrogens is 436 g/mol. The predicted molar refractivity (Wildman–Crippen MR) is 86.9 cm³/mol. The molecule has 3 atom stereocenters. The summed E-state index contributed by atoms with van der Waals surface area (Å²) in [6.07, 6.45) is 0. The highest BCUT2D eigenvalue weighted by atomic mass is 79.9. The van der Waals surface area contributed by atoms with E-state index in [9.17, 15) is 14.4 Å². The molecule has 1 aromatic rings. The Kier molecular flexibility index (Phi) is 5.46. The number of hydrogen-bond acceptors (Lipinski definition) is 6. The van der Waals surface area contributed by atoms with Crippen molar-refractivity contribution in [2.75, 3.05) is 14.2 Å². The molecule has 0 saturated heterocycles. The van der Waals surface area contributed by atoms with Gasteiger partial charge in [0.2, 0.25) is 0 Å². The first-order valence-corrected chi connectivity index (χ1v) is 8.26. The Labute approximate surface area is 149 Å². The molecule has 1 heterocycles. The van der Waals surface area contributed by atoms with Crippen molar-refractivity contribution in [1.29, 1.82) is 0 Å². The SMILES string of the molecule is COC(=O)[C@@H]1C(=O)Oc2c(Br)cc(Br)cc2[C@@H]1[C@@H](C)C(=O)OC. The van der Waals surface area contributed by atoms with Crippen molar-refractivity contribution in [3.8, 4) is 5.75 Å². The highest BCUT2D eigenvalue weighted by Gasteiger charge is 2.48. The first kappa shape index (κ1) is 17.9. The number of carbonyl (C=O) groups is 3. The normalized spacial score (nSPS) is 21.0. The molecule has 0 spiro atoms. The minimum Gasteiger partial charge on any atom is -0.469 e. The molecule has 0 fully saturated rings. The lowest BCUT2D eigenvalue weighted by molar-refractivity contribution is -0.160. The van der Waals surface area contributed by atoms with Gasteiger partial charge in [-0.05, 0) is 28.1 Å². The summed E-state index contributed by atoms with van der Waals surface area (Å²) < 4.78 is 16.0. The summed E-state index contributed by atoms with van der Waals surface area (Å²) in [5.41, 5.74) is 0.555. The van der Waals surface area contributed by atoms with Gasteiger partial charge in [0, 0.05) is 16.0 Å². The summed E-state index contributed by atoms with van der Waals surface area (Å²) in [4.78, 5) is 36.4. The largest absolute Gasteiger partial charge is 0.469 e. The average molecular weight is 450 g/mol. The number of hydrogen-bond donors (Lipinski definition) is 0. The van der Waals surface area contributed by atoms with E-state index in [-0.39, 0.29) is 0 Å². The number of fused-ring (bicyclic) bond motifs is 1. The molecule has 8 heteroatoms. The maximum atomic E-state index is 12.3. The molecule has 0 aromatic heterocycles. The molecule has 0 amide bonds. The Hall–Kier alpha value is -1.41. The van der Waals surface area contributed by atoms with E-state index in [0.717, 1.165) is 0 Å². The summed E-state index contributed by atoms with van der Waals surface area (Å²) in [6.45, 7) is 1.60. The molecule has 0 radical (unpaired) electrons. The van der Waals surface area contributed by atoms with Crippen molar-refractivity contribution in [2.45, 2.75) is 12.8 Å². The van der Waals surface area contributed by atoms with Gasteiger partial charge in [-0.1, -0.05) is 22.9 Å². The molecule has 0 saturated carbocycles. The van der Waals surface area contributed by atoms with Crippen LogP contribution in [0.2, 0.25) is 0 Å². The van der Waals surface area contributed by atoms with Crippen LogP contribution >= 0.6 is 31.9 Å². The van der Waals surface area contributed by atoms with Gasteiger partial charge in [0.25, 0.3) is 0 Å². The number of methoxy groups -OCH3 is 2. The fourth-order valence-corrected chi connectivity index (χ4v) is 4.03. The van der Waals surface area contributed by atoms with Crippen molar-refractivity contribution >= 4 is 49.8 Å². The van der Waals surface area contributed by atoms with Crippen LogP contribution in [0.25, 0.3) is 0 Å². The van der Waals surface area contributed by atoms with Crippen LogP contribution < -0.4 is 4.74 Å². The second-order valence-electron chi connectivity index (χ2n) is 5.07. The minimum absolute atomic E-state index is 0.291. The smallest absolute Gasteiger partial charge is 0.326 e. The molecule has 1 aliphatic heterocycles. The number of carbonyl (C=O) groups excluding carboxylic acids is 3. The van der Waals surface area contributed by atoms with Gasteiger partial charge in [-0.15, -0.1) is 0 Å². The standard InChI is InChI=1S/C15H14Br2O6/c1-6(13(18)21-2)10-8-4-7(16)5-9(17)12(8)23-15(20)11(10)14(19)22-3/h4-6,10-11H,1-3H3/t6-,10+,11-/m1/s1. The summed E-state index contributed by atoms with van der Waals surface area (Å²) in [6, 6.07) is 3.43. The second kappa shape index (κ2) is 7.00. The third-order valence-electron chi connectivity index (χ3n) is 3.78. The predicted octanol–water partition coefficient (Wildman–Crippen LogP) is 2.81. The van der Waals surface area contributed by atoms with Gasteiger partial charge < -0.3 is 14.2 Å². The summed E-state index contributed by atoms with van der Waals surface area (Å²) >= 11 is 6.68. The Bertz CT molecular complexity index is 672. The summed E-state index contributed by atoms with van der Waals surface area (Å²) in [7, 11) is 2.44. The van der Waals surface area contributed by atoms with Crippen LogP contribution in [-0.2, 0) is 23.9 Å². The van der Waals surface area contributed by atoms with E-state index in [0.29, 0.717) is 20.3 Å². The summed E-state index contributed by atoms with van der Waals surface area (Å²) in [5.74, 6) is -4.47. The molecule has 0 bridgehead atoms. The topological polar surface area (TPSA) is 78.9 Å². The van der Waals surface area contributed by atoms with Crippen molar-refractivity contribution in [3.05, 3.63) is 26.6 Å². The van der Waals surface area contributed by atoms with Gasteiger partial charge in [-0.3, -0.25) is 14.4 Å². The number of benzene rings is 1. The lowest BCUT2D eigenvalue weighted by atomic mass is 9.75. The molecule has 0 unspecified atom stereocenters. The molecule has 0 aliphatic carbocycles. The molecule has 0 N–H and O–H groups in total. The lowest BCUT2D eigenvalue weighted by Gasteiger charge is -2.33. The van der Waals surface area contributed by atoms with Crippen molar-refractivity contribution in [3.63, 3.8) is 0 Å². The zero-order valence-electron chi connectivity index (χ0n) is 12.6. The maximum Gasteiger partial charge on any atom is 0.326 e. The van der Waals surface area contributed by atoms with E-state index >= 15 is 0 Å². The number of halogens is 2. The van der Waals surface area contributed by atoms with Crippen LogP contribution in [0.5, 0.6) is 5.75 Å². The molecule has 23 heavy (non-hydrogen) atoms. The molecule has 1 aliphatic rings. The average Bonchev–Trinajstić information content (AvgIpc) is 2.52. The van der Waals surface area contributed by atoms with E-state index in [1.807, 2.05) is 0 Å². The first-order chi connectivity index (χ1) is 10.8. The van der Waals surface area contributed by atoms with Crippen LogP contribution in [0.1, 0.15) is 18.4 Å². The molecular formula is C15H14Br2O6. The Morgan fingerprint density at radius 1 is 1.22 bits per heavy atom. The van der Waals surface area contributed by atoms with E-state index in [4.69, 9.17) is 14.2 Å². The van der Waals surface area contributed by atoms with Gasteiger partial charge in [-0.2, -0.15) is 0 Å². The lowest BCUT2D eigenvalue weighted by Crippen LogP contribution is -2.42. The maximum absolute atomic E-state index is 12.3. The van der Waals surface area contributed by atoms with Gasteiger partial charge in [-0.25, -0.2) is 0 Å². The van der Waals surface area contributed by atoms with E-state index < -0.39 is 35.7 Å². The zero-order chi connectivity index (χ0) is 17.3. The third-order valence-corrected chi connectivity index (χ3v) is 4.83. The van der Waals surface area contributed by atoms with Crippen LogP contribution in [-0.4, -0.2) is 32.1 Å².